The highest BCUT2D eigenvalue weighted by Gasteiger charge is 2.33. The van der Waals surface area contributed by atoms with Gasteiger partial charge in [-0.1, -0.05) is 5.16 Å². The van der Waals surface area contributed by atoms with Gasteiger partial charge in [0, 0.05) is 12.4 Å². The predicted octanol–water partition coefficient (Wildman–Crippen LogP) is 1.38. The fourth-order valence-electron chi connectivity index (χ4n) is 1.43. The van der Waals surface area contributed by atoms with Crippen molar-refractivity contribution in [2.24, 2.45) is 10.9 Å². The summed E-state index contributed by atoms with van der Waals surface area (Å²) in [5, 5.41) is 15.2. The number of pyridine rings is 1. The zero-order valence-electron chi connectivity index (χ0n) is 9.33. The molecule has 2 rings (SSSR count). The molecule has 2 aromatic rings. The monoisotopic (exact) mass is 271 g/mol. The van der Waals surface area contributed by atoms with Crippen molar-refractivity contribution in [3.63, 3.8) is 0 Å². The first kappa shape index (κ1) is 12.9. The van der Waals surface area contributed by atoms with Crippen molar-refractivity contribution < 1.29 is 18.4 Å². The number of nitrogens with zero attached hydrogens (tertiary/aromatic N) is 4. The van der Waals surface area contributed by atoms with Crippen LogP contribution in [-0.2, 0) is 6.18 Å². The van der Waals surface area contributed by atoms with Crippen LogP contribution in [0.3, 0.4) is 0 Å². The van der Waals surface area contributed by atoms with E-state index in [9.17, 15) is 13.2 Å². The molecular weight excluding hydrogens is 263 g/mol. The quantitative estimate of drug-likeness (QED) is 0.374. The summed E-state index contributed by atoms with van der Waals surface area (Å²) in [6, 6.07) is 3.33. The van der Waals surface area contributed by atoms with Gasteiger partial charge in [0.1, 0.15) is 5.69 Å². The molecule has 3 N–H and O–H groups in total. The summed E-state index contributed by atoms with van der Waals surface area (Å²) in [4.78, 5) is 3.46. The van der Waals surface area contributed by atoms with Crippen LogP contribution in [0.2, 0.25) is 0 Å². The Morgan fingerprint density at radius 3 is 2.63 bits per heavy atom. The van der Waals surface area contributed by atoms with Gasteiger partial charge >= 0.3 is 6.18 Å². The molecule has 0 aromatic carbocycles. The summed E-state index contributed by atoms with van der Waals surface area (Å²) in [6.45, 7) is 0. The van der Waals surface area contributed by atoms with Crippen LogP contribution in [0.15, 0.2) is 35.7 Å². The van der Waals surface area contributed by atoms with E-state index in [0.717, 1.165) is 16.8 Å². The number of halogens is 3. The predicted molar refractivity (Wildman–Crippen MR) is 58.9 cm³/mol. The zero-order chi connectivity index (χ0) is 14.0. The van der Waals surface area contributed by atoms with Crippen molar-refractivity contribution in [2.75, 3.05) is 0 Å². The minimum Gasteiger partial charge on any atom is -0.409 e. The van der Waals surface area contributed by atoms with Crippen LogP contribution in [0.4, 0.5) is 13.2 Å². The van der Waals surface area contributed by atoms with Crippen LogP contribution in [0.1, 0.15) is 11.3 Å². The number of nitrogens with two attached hydrogens (primary N) is 1. The fraction of sp³-hybridized carbons (Fsp3) is 0.100. The molecule has 2 heterocycles. The van der Waals surface area contributed by atoms with Gasteiger partial charge in [-0.05, 0) is 18.2 Å². The van der Waals surface area contributed by atoms with E-state index in [1.54, 1.807) is 0 Å². The molecule has 0 saturated heterocycles. The van der Waals surface area contributed by atoms with Gasteiger partial charge in [0.25, 0.3) is 0 Å². The summed E-state index contributed by atoms with van der Waals surface area (Å²) in [5.74, 6) is -0.526. The number of hydrogen-bond acceptors (Lipinski definition) is 4. The molecule has 6 nitrogen and oxygen atoms in total. The second-order valence-corrected chi connectivity index (χ2v) is 3.50. The van der Waals surface area contributed by atoms with Crippen molar-refractivity contribution in [2.45, 2.75) is 6.18 Å². The van der Waals surface area contributed by atoms with Gasteiger partial charge < -0.3 is 10.9 Å². The smallest absolute Gasteiger partial charge is 0.409 e. The molecule has 0 aliphatic carbocycles. The van der Waals surface area contributed by atoms with Crippen LogP contribution < -0.4 is 5.73 Å². The van der Waals surface area contributed by atoms with Crippen molar-refractivity contribution in [1.82, 2.24) is 14.8 Å². The van der Waals surface area contributed by atoms with Crippen LogP contribution >= 0.6 is 0 Å². The Morgan fingerprint density at radius 1 is 1.37 bits per heavy atom. The molecule has 100 valence electrons. The number of alkyl halides is 3. The van der Waals surface area contributed by atoms with E-state index >= 15 is 0 Å². The third kappa shape index (κ3) is 2.49. The van der Waals surface area contributed by atoms with Crippen molar-refractivity contribution in [3.8, 4) is 5.82 Å². The molecule has 0 saturated carbocycles. The second-order valence-electron chi connectivity index (χ2n) is 3.50. The normalized spacial score (nSPS) is 12.7. The molecule has 0 spiro atoms. The molecule has 0 atom stereocenters. The summed E-state index contributed by atoms with van der Waals surface area (Å²) < 4.78 is 39.0. The summed E-state index contributed by atoms with van der Waals surface area (Å²) in [5.41, 5.74) is 4.35. The molecule has 9 heteroatoms. The Labute approximate surface area is 105 Å². The first-order valence-electron chi connectivity index (χ1n) is 4.99. The molecule has 0 fully saturated rings. The van der Waals surface area contributed by atoms with Gasteiger partial charge in [-0.25, -0.2) is 9.67 Å². The second kappa shape index (κ2) is 4.59. The summed E-state index contributed by atoms with van der Waals surface area (Å²) >= 11 is 0. The standard InChI is InChI=1S/C10H8F3N5O/c11-10(12,13)7-3-2-6(8(14)17-19)9(16-7)18-5-1-4-15-18/h1-5,19H,(H2,14,17). The maximum atomic E-state index is 12.6. The van der Waals surface area contributed by atoms with Gasteiger partial charge in [-0.2, -0.15) is 18.3 Å². The van der Waals surface area contributed by atoms with Crippen LogP contribution in [0.25, 0.3) is 5.82 Å². The van der Waals surface area contributed by atoms with Crippen molar-refractivity contribution >= 4 is 5.84 Å². The van der Waals surface area contributed by atoms with Crippen LogP contribution in [0, 0.1) is 0 Å². The van der Waals surface area contributed by atoms with E-state index in [4.69, 9.17) is 10.9 Å². The number of rotatable bonds is 2. The lowest BCUT2D eigenvalue weighted by Gasteiger charge is -2.11. The van der Waals surface area contributed by atoms with E-state index in [1.165, 1.54) is 18.5 Å². The van der Waals surface area contributed by atoms with Gasteiger partial charge in [0.2, 0.25) is 0 Å². The van der Waals surface area contributed by atoms with Gasteiger partial charge in [0.05, 0.1) is 5.56 Å². The Bertz CT molecular complexity index is 606. The summed E-state index contributed by atoms with van der Waals surface area (Å²) in [7, 11) is 0. The average molecular weight is 271 g/mol. The average Bonchev–Trinajstić information content (AvgIpc) is 2.89. The van der Waals surface area contributed by atoms with E-state index in [1.807, 2.05) is 0 Å². The molecule has 19 heavy (non-hydrogen) atoms. The molecule has 0 aliphatic rings. The lowest BCUT2D eigenvalue weighted by atomic mass is 10.2. The Balaban J connectivity index is 2.65. The lowest BCUT2D eigenvalue weighted by Crippen LogP contribution is -2.20. The lowest BCUT2D eigenvalue weighted by molar-refractivity contribution is -0.141. The maximum Gasteiger partial charge on any atom is 0.433 e. The highest BCUT2D eigenvalue weighted by molar-refractivity contribution is 5.99. The third-order valence-electron chi connectivity index (χ3n) is 2.27. The Morgan fingerprint density at radius 2 is 2.11 bits per heavy atom. The van der Waals surface area contributed by atoms with Gasteiger partial charge in [-0.15, -0.1) is 0 Å². The van der Waals surface area contributed by atoms with Gasteiger partial charge in [0.15, 0.2) is 11.7 Å². The van der Waals surface area contributed by atoms with Crippen molar-refractivity contribution in [3.05, 3.63) is 41.9 Å². The molecule has 0 unspecified atom stereocenters. The largest absolute Gasteiger partial charge is 0.433 e. The summed E-state index contributed by atoms with van der Waals surface area (Å²) in [6.07, 6.45) is -1.82. The van der Waals surface area contributed by atoms with E-state index in [0.29, 0.717) is 0 Å². The van der Waals surface area contributed by atoms with Crippen molar-refractivity contribution in [1.29, 1.82) is 0 Å². The number of amidine groups is 1. The highest BCUT2D eigenvalue weighted by Crippen LogP contribution is 2.28. The van der Waals surface area contributed by atoms with Crippen LogP contribution in [-0.4, -0.2) is 25.8 Å². The molecule has 2 aromatic heterocycles. The van der Waals surface area contributed by atoms with Crippen LogP contribution in [0.5, 0.6) is 0 Å². The highest BCUT2D eigenvalue weighted by atomic mass is 19.4. The van der Waals surface area contributed by atoms with E-state index < -0.39 is 11.9 Å². The fourth-order valence-corrected chi connectivity index (χ4v) is 1.43. The Hall–Kier alpha value is -2.58. The SMILES string of the molecule is NC(=NO)c1ccc(C(F)(F)F)nc1-n1cccn1. The third-order valence-corrected chi connectivity index (χ3v) is 2.27. The maximum absolute atomic E-state index is 12.6. The first-order chi connectivity index (χ1) is 8.93. The number of oxime groups is 1. The first-order valence-corrected chi connectivity index (χ1v) is 4.99. The minimum atomic E-state index is -4.59. The molecule has 0 bridgehead atoms. The number of aromatic nitrogens is 3. The topological polar surface area (TPSA) is 89.3 Å². The van der Waals surface area contributed by atoms with Gasteiger partial charge in [-0.3, -0.25) is 0 Å². The minimum absolute atomic E-state index is 0.0409. The Kier molecular flexibility index (Phi) is 3.11. The molecular formula is C10H8F3N5O. The molecule has 0 amide bonds. The molecule has 0 aliphatic heterocycles. The van der Waals surface area contributed by atoms with E-state index in [-0.39, 0.29) is 17.2 Å². The number of hydrogen-bond donors (Lipinski definition) is 2. The molecule has 0 radical (unpaired) electrons. The zero-order valence-corrected chi connectivity index (χ0v) is 9.33. The van der Waals surface area contributed by atoms with E-state index in [2.05, 4.69) is 15.2 Å².